The first-order valence-corrected chi connectivity index (χ1v) is 19.5. The lowest BCUT2D eigenvalue weighted by Crippen LogP contribution is -2.12. The summed E-state index contributed by atoms with van der Waals surface area (Å²) in [5, 5.41) is 0. The molecule has 0 amide bonds. The predicted octanol–water partition coefficient (Wildman–Crippen LogP) is 14.4. The third-order valence-electron chi connectivity index (χ3n) is 10.7. The largest absolute Gasteiger partial charge is 0.310 e. The number of anilines is 3. The van der Waals surface area contributed by atoms with Gasteiger partial charge < -0.3 is 4.90 Å². The third kappa shape index (κ3) is 8.53. The molecule has 0 atom stereocenters. The van der Waals surface area contributed by atoms with E-state index in [-0.39, 0.29) is 0 Å². The van der Waals surface area contributed by atoms with Gasteiger partial charge in [-0.15, -0.1) is 0 Å². The van der Waals surface area contributed by atoms with Gasteiger partial charge in [-0.05, 0) is 138 Å². The molecular weight excluding hydrogens is 663 g/mol. The fraction of sp³-hybridized carbons (Fsp3) is 0.111. The van der Waals surface area contributed by atoms with E-state index >= 15 is 0 Å². The van der Waals surface area contributed by atoms with Crippen molar-refractivity contribution in [1.29, 1.82) is 0 Å². The van der Waals surface area contributed by atoms with Crippen molar-refractivity contribution < 1.29 is 0 Å². The Hall–Kier alpha value is -6.44. The summed E-state index contributed by atoms with van der Waals surface area (Å²) in [7, 11) is 0. The molecule has 55 heavy (non-hydrogen) atoms. The number of allylic oxidation sites excluding steroid dienone is 2. The molecule has 7 aromatic carbocycles. The minimum Gasteiger partial charge on any atom is -0.310 e. The Balaban J connectivity index is 1.12. The summed E-state index contributed by atoms with van der Waals surface area (Å²) < 4.78 is 0. The van der Waals surface area contributed by atoms with E-state index in [0.29, 0.717) is 0 Å². The molecule has 0 bridgehead atoms. The Morgan fingerprint density at radius 3 is 1.45 bits per heavy atom. The summed E-state index contributed by atoms with van der Waals surface area (Å²) >= 11 is 0. The predicted molar refractivity (Wildman–Crippen MR) is 236 cm³/mol. The van der Waals surface area contributed by atoms with E-state index in [4.69, 9.17) is 0 Å². The fourth-order valence-electron chi connectivity index (χ4n) is 7.58. The summed E-state index contributed by atoms with van der Waals surface area (Å²) in [6.45, 7) is 4.28. The summed E-state index contributed by atoms with van der Waals surface area (Å²) in [4.78, 5) is 2.40. The van der Waals surface area contributed by atoms with Gasteiger partial charge in [0.25, 0.3) is 0 Å². The van der Waals surface area contributed by atoms with Crippen LogP contribution in [0.1, 0.15) is 68.5 Å². The van der Waals surface area contributed by atoms with Gasteiger partial charge in [0.1, 0.15) is 0 Å². The Morgan fingerprint density at radius 1 is 0.436 bits per heavy atom. The molecule has 0 fully saturated rings. The van der Waals surface area contributed by atoms with Gasteiger partial charge in [0.15, 0.2) is 0 Å². The van der Waals surface area contributed by atoms with Crippen LogP contribution in [0.4, 0.5) is 17.1 Å². The summed E-state index contributed by atoms with van der Waals surface area (Å²) in [5.74, 6) is 0. The molecule has 0 aliphatic heterocycles. The van der Waals surface area contributed by atoms with E-state index < -0.39 is 0 Å². The van der Waals surface area contributed by atoms with Crippen molar-refractivity contribution in [2.45, 2.75) is 39.5 Å². The molecular formula is C54H47N. The normalized spacial score (nSPS) is 12.2. The molecule has 0 aromatic heterocycles. The highest BCUT2D eigenvalue weighted by Crippen LogP contribution is 2.38. The average Bonchev–Trinajstić information content (AvgIpc) is 3.24. The second-order valence-corrected chi connectivity index (χ2v) is 14.6. The molecule has 8 rings (SSSR count). The van der Waals surface area contributed by atoms with Crippen LogP contribution in [0.2, 0.25) is 0 Å². The molecule has 1 heteroatoms. The van der Waals surface area contributed by atoms with Crippen molar-refractivity contribution in [3.63, 3.8) is 0 Å². The first-order chi connectivity index (χ1) is 27.1. The van der Waals surface area contributed by atoms with E-state index in [1.54, 1.807) is 0 Å². The van der Waals surface area contributed by atoms with Crippen LogP contribution in [-0.4, -0.2) is 0 Å². The molecule has 268 valence electrons. The Morgan fingerprint density at radius 2 is 0.909 bits per heavy atom. The van der Waals surface area contributed by atoms with Crippen molar-refractivity contribution in [2.75, 3.05) is 4.90 Å². The molecule has 0 unspecified atom stereocenters. The smallest absolute Gasteiger partial charge is 0.0464 e. The lowest BCUT2D eigenvalue weighted by Gasteiger charge is -2.27. The van der Waals surface area contributed by atoms with E-state index in [0.717, 1.165) is 23.4 Å². The first-order valence-electron chi connectivity index (χ1n) is 19.5. The molecule has 0 N–H and O–H groups in total. The topological polar surface area (TPSA) is 3.24 Å². The molecule has 0 spiro atoms. The molecule has 0 saturated heterocycles. The number of aryl methyl sites for hydroxylation is 4. The number of rotatable bonds is 10. The molecule has 1 aliphatic rings. The van der Waals surface area contributed by atoms with E-state index in [1.165, 1.54) is 86.2 Å². The van der Waals surface area contributed by atoms with Gasteiger partial charge in [0.05, 0.1) is 0 Å². The van der Waals surface area contributed by atoms with E-state index in [2.05, 4.69) is 219 Å². The SMILES string of the molecule is Cc1ccc(C(=Cc2ccc(N(c3ccc(C=CC=C(c4ccccc4)c4ccccc4)cc3)c3ccc4c(c3)CCCC4)cc2)c2ccc(C)cc2)cc1. The lowest BCUT2D eigenvalue weighted by molar-refractivity contribution is 0.685. The maximum Gasteiger partial charge on any atom is 0.0464 e. The number of hydrogen-bond acceptors (Lipinski definition) is 1. The zero-order chi connectivity index (χ0) is 37.4. The zero-order valence-corrected chi connectivity index (χ0v) is 31.8. The number of hydrogen-bond donors (Lipinski definition) is 0. The molecule has 0 radical (unpaired) electrons. The van der Waals surface area contributed by atoms with Crippen molar-refractivity contribution in [2.24, 2.45) is 0 Å². The number of nitrogens with zero attached hydrogens (tertiary/aromatic N) is 1. The van der Waals surface area contributed by atoms with Crippen LogP contribution in [-0.2, 0) is 12.8 Å². The van der Waals surface area contributed by atoms with Crippen molar-refractivity contribution in [1.82, 2.24) is 0 Å². The standard InChI is InChI=1S/C54H47N/c1-40-20-28-47(29-21-40)54(48-30-22-41(2)23-31-48)38-43-26-35-51(36-27-43)55(52-37-32-44-13-9-10-18-49(44)39-52)50-33-24-42(25-34-50)12-11-19-53(45-14-5-3-6-15-45)46-16-7-4-8-17-46/h3-8,11-12,14-17,19-39H,9-10,13,18H2,1-2H3. The summed E-state index contributed by atoms with van der Waals surface area (Å²) in [6.07, 6.45) is 13.8. The maximum atomic E-state index is 2.42. The summed E-state index contributed by atoms with van der Waals surface area (Å²) in [5.41, 5.74) is 18.6. The molecule has 0 heterocycles. The zero-order valence-electron chi connectivity index (χ0n) is 31.8. The van der Waals surface area contributed by atoms with Crippen LogP contribution in [0, 0.1) is 13.8 Å². The van der Waals surface area contributed by atoms with Gasteiger partial charge in [-0.3, -0.25) is 0 Å². The van der Waals surface area contributed by atoms with Crippen LogP contribution in [0.5, 0.6) is 0 Å². The highest BCUT2D eigenvalue weighted by atomic mass is 15.1. The average molecular weight is 710 g/mol. The van der Waals surface area contributed by atoms with Crippen LogP contribution in [0.15, 0.2) is 188 Å². The molecule has 1 nitrogen and oxygen atoms in total. The second kappa shape index (κ2) is 16.7. The van der Waals surface area contributed by atoms with Gasteiger partial charge in [-0.1, -0.05) is 169 Å². The highest BCUT2D eigenvalue weighted by Gasteiger charge is 2.17. The molecule has 1 aliphatic carbocycles. The molecule has 7 aromatic rings. The van der Waals surface area contributed by atoms with Crippen LogP contribution >= 0.6 is 0 Å². The van der Waals surface area contributed by atoms with Crippen LogP contribution < -0.4 is 4.90 Å². The quantitative estimate of drug-likeness (QED) is 0.101. The third-order valence-corrected chi connectivity index (χ3v) is 10.7. The Labute approximate surface area is 327 Å². The van der Waals surface area contributed by atoms with Gasteiger partial charge in [0, 0.05) is 17.1 Å². The fourth-order valence-corrected chi connectivity index (χ4v) is 7.58. The Bertz CT molecular complexity index is 2340. The van der Waals surface area contributed by atoms with E-state index in [1.807, 2.05) is 0 Å². The minimum absolute atomic E-state index is 1.14. The Kier molecular flexibility index (Phi) is 10.8. The molecule has 0 saturated carbocycles. The van der Waals surface area contributed by atoms with Crippen molar-refractivity contribution in [3.8, 4) is 0 Å². The highest BCUT2D eigenvalue weighted by molar-refractivity contribution is 5.92. The number of fused-ring (bicyclic) bond motifs is 1. The summed E-state index contributed by atoms with van der Waals surface area (Å²) in [6, 6.07) is 64.0. The van der Waals surface area contributed by atoms with Gasteiger partial charge in [-0.2, -0.15) is 0 Å². The van der Waals surface area contributed by atoms with Crippen LogP contribution in [0.3, 0.4) is 0 Å². The van der Waals surface area contributed by atoms with Gasteiger partial charge >= 0.3 is 0 Å². The second-order valence-electron chi connectivity index (χ2n) is 14.6. The maximum absolute atomic E-state index is 2.42. The van der Waals surface area contributed by atoms with Crippen LogP contribution in [0.25, 0.3) is 23.3 Å². The van der Waals surface area contributed by atoms with Crippen molar-refractivity contribution >= 4 is 40.4 Å². The van der Waals surface area contributed by atoms with Crippen molar-refractivity contribution in [3.05, 3.63) is 244 Å². The lowest BCUT2D eigenvalue weighted by atomic mass is 9.91. The minimum atomic E-state index is 1.14. The van der Waals surface area contributed by atoms with Gasteiger partial charge in [-0.25, -0.2) is 0 Å². The van der Waals surface area contributed by atoms with Gasteiger partial charge in [0.2, 0.25) is 0 Å². The first kappa shape index (κ1) is 35.6. The van der Waals surface area contributed by atoms with E-state index in [9.17, 15) is 0 Å². The number of benzene rings is 7. The monoisotopic (exact) mass is 709 g/mol.